The third-order valence-electron chi connectivity index (χ3n) is 4.96. The second-order valence-corrected chi connectivity index (χ2v) is 6.33. The molecule has 0 amide bonds. The van der Waals surface area contributed by atoms with Crippen molar-refractivity contribution in [2.45, 2.75) is 63.6 Å². The van der Waals surface area contributed by atoms with Gasteiger partial charge in [-0.2, -0.15) is 5.10 Å². The summed E-state index contributed by atoms with van der Waals surface area (Å²) < 4.78 is 2.03. The van der Waals surface area contributed by atoms with E-state index in [1.54, 1.807) is 0 Å². The Balaban J connectivity index is 1.42. The largest absolute Gasteiger partial charge is 0.314 e. The zero-order valence-corrected chi connectivity index (χ0v) is 12.4. The Hall–Kier alpha value is -0.870. The van der Waals surface area contributed by atoms with Gasteiger partial charge in [0.2, 0.25) is 0 Å². The molecule has 2 heterocycles. The topological polar surface area (TPSA) is 41.9 Å². The monoisotopic (exact) mass is 276 g/mol. The van der Waals surface area contributed by atoms with Gasteiger partial charge in [-0.1, -0.05) is 12.8 Å². The van der Waals surface area contributed by atoms with Crippen LogP contribution in [0, 0.1) is 5.92 Å². The van der Waals surface area contributed by atoms with Gasteiger partial charge in [-0.3, -0.25) is 4.68 Å². The SMILES string of the molecule is c1cnn(CCCNC2CCCCC2C2CCCN2)c1. The van der Waals surface area contributed by atoms with Crippen LogP contribution in [0.4, 0.5) is 0 Å². The molecule has 1 saturated carbocycles. The van der Waals surface area contributed by atoms with Crippen LogP contribution in [0.1, 0.15) is 44.9 Å². The summed E-state index contributed by atoms with van der Waals surface area (Å²) in [5.41, 5.74) is 0. The fourth-order valence-electron chi connectivity index (χ4n) is 3.93. The molecule has 4 nitrogen and oxygen atoms in total. The van der Waals surface area contributed by atoms with Crippen LogP contribution in [0.25, 0.3) is 0 Å². The average Bonchev–Trinajstić information content (AvgIpc) is 3.17. The molecule has 3 unspecified atom stereocenters. The maximum Gasteiger partial charge on any atom is 0.0489 e. The minimum absolute atomic E-state index is 0.733. The Morgan fingerprint density at radius 2 is 2.15 bits per heavy atom. The van der Waals surface area contributed by atoms with Crippen LogP contribution in [0.3, 0.4) is 0 Å². The van der Waals surface area contributed by atoms with Gasteiger partial charge in [0.1, 0.15) is 0 Å². The fourth-order valence-corrected chi connectivity index (χ4v) is 3.93. The van der Waals surface area contributed by atoms with Crippen LogP contribution in [-0.2, 0) is 6.54 Å². The van der Waals surface area contributed by atoms with Gasteiger partial charge in [-0.25, -0.2) is 0 Å². The molecule has 3 rings (SSSR count). The van der Waals surface area contributed by atoms with E-state index in [1.807, 2.05) is 23.1 Å². The van der Waals surface area contributed by atoms with E-state index in [1.165, 1.54) is 51.5 Å². The van der Waals surface area contributed by atoms with E-state index in [0.29, 0.717) is 0 Å². The number of aryl methyl sites for hydroxylation is 1. The van der Waals surface area contributed by atoms with Crippen molar-refractivity contribution in [3.8, 4) is 0 Å². The van der Waals surface area contributed by atoms with E-state index in [9.17, 15) is 0 Å². The Morgan fingerprint density at radius 3 is 2.95 bits per heavy atom. The van der Waals surface area contributed by atoms with E-state index in [4.69, 9.17) is 0 Å². The Labute approximate surface area is 122 Å². The number of aromatic nitrogens is 2. The molecule has 0 bridgehead atoms. The molecule has 1 aromatic rings. The predicted molar refractivity (Wildman–Crippen MR) is 81.6 cm³/mol. The normalized spacial score (nSPS) is 30.7. The minimum Gasteiger partial charge on any atom is -0.314 e. The lowest BCUT2D eigenvalue weighted by atomic mass is 9.79. The molecular formula is C16H28N4. The van der Waals surface area contributed by atoms with E-state index < -0.39 is 0 Å². The van der Waals surface area contributed by atoms with Crippen LogP contribution in [0.2, 0.25) is 0 Å². The van der Waals surface area contributed by atoms with Crippen molar-refractivity contribution < 1.29 is 0 Å². The van der Waals surface area contributed by atoms with E-state index >= 15 is 0 Å². The number of nitrogens with one attached hydrogen (secondary N) is 2. The van der Waals surface area contributed by atoms with Crippen LogP contribution in [0.15, 0.2) is 18.5 Å². The number of hydrogen-bond acceptors (Lipinski definition) is 3. The van der Waals surface area contributed by atoms with Gasteiger partial charge < -0.3 is 10.6 Å². The minimum atomic E-state index is 0.733. The molecule has 2 fully saturated rings. The first-order valence-corrected chi connectivity index (χ1v) is 8.38. The number of nitrogens with zero attached hydrogens (tertiary/aromatic N) is 2. The molecule has 4 heteroatoms. The second kappa shape index (κ2) is 7.23. The molecule has 3 atom stereocenters. The summed E-state index contributed by atoms with van der Waals surface area (Å²) in [5, 5.41) is 11.8. The molecule has 20 heavy (non-hydrogen) atoms. The molecule has 1 aliphatic carbocycles. The van der Waals surface area contributed by atoms with Crippen LogP contribution < -0.4 is 10.6 Å². The highest BCUT2D eigenvalue weighted by Crippen LogP contribution is 2.30. The molecule has 0 spiro atoms. The van der Waals surface area contributed by atoms with Crippen LogP contribution in [0.5, 0.6) is 0 Å². The van der Waals surface area contributed by atoms with Crippen LogP contribution >= 0.6 is 0 Å². The summed E-state index contributed by atoms with van der Waals surface area (Å²) in [6.07, 6.45) is 13.4. The third kappa shape index (κ3) is 3.61. The first-order chi connectivity index (χ1) is 9.93. The maximum atomic E-state index is 4.26. The molecule has 0 radical (unpaired) electrons. The van der Waals surface area contributed by atoms with Gasteiger partial charge in [-0.15, -0.1) is 0 Å². The molecule has 1 aliphatic heterocycles. The summed E-state index contributed by atoms with van der Waals surface area (Å²) in [4.78, 5) is 0. The lowest BCUT2D eigenvalue weighted by Crippen LogP contribution is -2.47. The van der Waals surface area contributed by atoms with Crippen molar-refractivity contribution in [2.75, 3.05) is 13.1 Å². The Bertz CT molecular complexity index is 370. The van der Waals surface area contributed by atoms with Crippen molar-refractivity contribution >= 4 is 0 Å². The van der Waals surface area contributed by atoms with Gasteiger partial charge in [0.05, 0.1) is 0 Å². The Morgan fingerprint density at radius 1 is 1.20 bits per heavy atom. The summed E-state index contributed by atoms with van der Waals surface area (Å²) in [6.45, 7) is 3.37. The fraction of sp³-hybridized carbons (Fsp3) is 0.812. The summed E-state index contributed by atoms with van der Waals surface area (Å²) in [5.74, 6) is 0.857. The molecule has 2 aliphatic rings. The van der Waals surface area contributed by atoms with Gasteiger partial charge in [0, 0.05) is 31.0 Å². The van der Waals surface area contributed by atoms with Crippen molar-refractivity contribution in [3.05, 3.63) is 18.5 Å². The zero-order valence-electron chi connectivity index (χ0n) is 12.4. The lowest BCUT2D eigenvalue weighted by Gasteiger charge is -2.36. The van der Waals surface area contributed by atoms with Gasteiger partial charge in [0.15, 0.2) is 0 Å². The Kier molecular flexibility index (Phi) is 5.09. The molecule has 112 valence electrons. The number of rotatable bonds is 6. The smallest absolute Gasteiger partial charge is 0.0489 e. The first-order valence-electron chi connectivity index (χ1n) is 8.38. The maximum absolute atomic E-state index is 4.26. The van der Waals surface area contributed by atoms with Crippen molar-refractivity contribution in [1.82, 2.24) is 20.4 Å². The first kappa shape index (κ1) is 14.1. The van der Waals surface area contributed by atoms with Crippen LogP contribution in [-0.4, -0.2) is 35.0 Å². The molecule has 1 aromatic heterocycles. The highest BCUT2D eigenvalue weighted by Gasteiger charge is 2.32. The van der Waals surface area contributed by atoms with Crippen molar-refractivity contribution in [1.29, 1.82) is 0 Å². The summed E-state index contributed by atoms with van der Waals surface area (Å²) in [7, 11) is 0. The molecular weight excluding hydrogens is 248 g/mol. The second-order valence-electron chi connectivity index (χ2n) is 6.33. The standard InChI is InChI=1S/C16H28N4/c1-2-7-15(14(6-1)16-8-3-9-17-16)18-10-4-12-20-13-5-11-19-20/h5,11,13-18H,1-4,6-10,12H2. The van der Waals surface area contributed by atoms with E-state index in [0.717, 1.165) is 31.1 Å². The number of hydrogen-bond donors (Lipinski definition) is 2. The zero-order chi connectivity index (χ0) is 13.6. The van der Waals surface area contributed by atoms with E-state index in [2.05, 4.69) is 15.7 Å². The van der Waals surface area contributed by atoms with E-state index in [-0.39, 0.29) is 0 Å². The predicted octanol–water partition coefficient (Wildman–Crippen LogP) is 2.17. The average molecular weight is 276 g/mol. The van der Waals surface area contributed by atoms with Gasteiger partial charge in [0.25, 0.3) is 0 Å². The van der Waals surface area contributed by atoms with Crippen molar-refractivity contribution in [3.63, 3.8) is 0 Å². The molecule has 2 N–H and O–H groups in total. The highest BCUT2D eigenvalue weighted by molar-refractivity contribution is 4.91. The van der Waals surface area contributed by atoms with Gasteiger partial charge >= 0.3 is 0 Å². The quantitative estimate of drug-likeness (QED) is 0.783. The summed E-state index contributed by atoms with van der Waals surface area (Å²) in [6, 6.07) is 3.51. The molecule has 1 saturated heterocycles. The third-order valence-corrected chi connectivity index (χ3v) is 4.96. The highest BCUT2D eigenvalue weighted by atomic mass is 15.3. The summed E-state index contributed by atoms with van der Waals surface area (Å²) >= 11 is 0. The van der Waals surface area contributed by atoms with Gasteiger partial charge in [-0.05, 0) is 57.2 Å². The molecule has 0 aromatic carbocycles. The van der Waals surface area contributed by atoms with Crippen molar-refractivity contribution in [2.24, 2.45) is 5.92 Å². The lowest BCUT2D eigenvalue weighted by molar-refractivity contribution is 0.214.